The van der Waals surface area contributed by atoms with Gasteiger partial charge in [0.05, 0.1) is 0 Å². The lowest BCUT2D eigenvalue weighted by atomic mass is 10.1. The van der Waals surface area contributed by atoms with Gasteiger partial charge in [0.1, 0.15) is 0 Å². The first-order chi connectivity index (χ1) is 7.20. The summed E-state index contributed by atoms with van der Waals surface area (Å²) in [5, 5.41) is 2.74. The van der Waals surface area contributed by atoms with Crippen LogP contribution in [0.4, 0.5) is 0 Å². The molecule has 2 aliphatic heterocycles. The van der Waals surface area contributed by atoms with Gasteiger partial charge in [-0.3, -0.25) is 9.59 Å². The molecule has 0 atom stereocenters. The van der Waals surface area contributed by atoms with Crippen LogP contribution in [0.1, 0.15) is 38.5 Å². The van der Waals surface area contributed by atoms with Gasteiger partial charge in [-0.15, -0.1) is 0 Å². The third kappa shape index (κ3) is 4.81. The van der Waals surface area contributed by atoms with Crippen molar-refractivity contribution >= 4 is 11.8 Å². The third-order valence-corrected chi connectivity index (χ3v) is 2.71. The van der Waals surface area contributed by atoms with Gasteiger partial charge < -0.3 is 10.2 Å². The van der Waals surface area contributed by atoms with E-state index in [-0.39, 0.29) is 5.91 Å². The van der Waals surface area contributed by atoms with E-state index in [2.05, 4.69) is 5.32 Å². The SMILES string of the molecule is CN1CCCCC1=O.O=C1CCCCN1. The van der Waals surface area contributed by atoms with Crippen molar-refractivity contribution in [1.82, 2.24) is 10.2 Å². The Hall–Kier alpha value is -1.06. The van der Waals surface area contributed by atoms with Gasteiger partial charge in [0.15, 0.2) is 0 Å². The Morgan fingerprint density at radius 2 is 1.80 bits per heavy atom. The molecule has 2 rings (SSSR count). The van der Waals surface area contributed by atoms with E-state index >= 15 is 0 Å². The Labute approximate surface area is 91.0 Å². The van der Waals surface area contributed by atoms with Gasteiger partial charge in [0.2, 0.25) is 11.8 Å². The van der Waals surface area contributed by atoms with E-state index in [0.29, 0.717) is 5.91 Å². The molecule has 2 aliphatic rings. The van der Waals surface area contributed by atoms with Crippen LogP contribution in [0.5, 0.6) is 0 Å². The molecule has 86 valence electrons. The number of amides is 2. The molecule has 4 heteroatoms. The van der Waals surface area contributed by atoms with Crippen molar-refractivity contribution in [2.24, 2.45) is 0 Å². The van der Waals surface area contributed by atoms with Crippen LogP contribution in [0, 0.1) is 0 Å². The highest BCUT2D eigenvalue weighted by molar-refractivity contribution is 5.76. The van der Waals surface area contributed by atoms with Crippen molar-refractivity contribution in [3.8, 4) is 0 Å². The first kappa shape index (κ1) is 12.0. The van der Waals surface area contributed by atoms with Crippen LogP contribution in [0.3, 0.4) is 0 Å². The van der Waals surface area contributed by atoms with E-state index in [0.717, 1.165) is 45.2 Å². The van der Waals surface area contributed by atoms with Gasteiger partial charge in [0, 0.05) is 33.0 Å². The number of likely N-dealkylation sites (tertiary alicyclic amines) is 1. The molecule has 0 aliphatic carbocycles. The van der Waals surface area contributed by atoms with E-state index < -0.39 is 0 Å². The highest BCUT2D eigenvalue weighted by Crippen LogP contribution is 2.06. The zero-order chi connectivity index (χ0) is 11.1. The number of rotatable bonds is 0. The summed E-state index contributed by atoms with van der Waals surface area (Å²) < 4.78 is 0. The smallest absolute Gasteiger partial charge is 0.222 e. The molecule has 2 fully saturated rings. The summed E-state index contributed by atoms with van der Waals surface area (Å²) in [4.78, 5) is 22.9. The van der Waals surface area contributed by atoms with Crippen LogP contribution >= 0.6 is 0 Å². The molecule has 0 aromatic rings. The minimum absolute atomic E-state index is 0.214. The van der Waals surface area contributed by atoms with Gasteiger partial charge in [-0.1, -0.05) is 0 Å². The zero-order valence-electron chi connectivity index (χ0n) is 9.42. The lowest BCUT2D eigenvalue weighted by Crippen LogP contribution is -2.31. The van der Waals surface area contributed by atoms with Crippen molar-refractivity contribution in [3.63, 3.8) is 0 Å². The average Bonchev–Trinajstić information content (AvgIpc) is 2.25. The molecule has 4 nitrogen and oxygen atoms in total. The van der Waals surface area contributed by atoms with Crippen LogP contribution < -0.4 is 5.32 Å². The largest absolute Gasteiger partial charge is 0.356 e. The summed E-state index contributed by atoms with van der Waals surface area (Å²) in [6.07, 6.45) is 6.00. The third-order valence-electron chi connectivity index (χ3n) is 2.71. The van der Waals surface area contributed by atoms with Crippen LogP contribution in [0.2, 0.25) is 0 Å². The van der Waals surface area contributed by atoms with E-state index in [1.165, 1.54) is 6.42 Å². The Bertz CT molecular complexity index is 221. The molecule has 0 unspecified atom stereocenters. The predicted octanol–water partition coefficient (Wildman–Crippen LogP) is 0.915. The molecule has 2 amide bonds. The summed E-state index contributed by atoms with van der Waals surface area (Å²) in [6.45, 7) is 1.84. The second kappa shape index (κ2) is 6.43. The summed E-state index contributed by atoms with van der Waals surface area (Å²) in [5.74, 6) is 0.516. The Balaban J connectivity index is 0.000000151. The molecular formula is C11H20N2O2. The Morgan fingerprint density at radius 1 is 1.07 bits per heavy atom. The lowest BCUT2D eigenvalue weighted by molar-refractivity contribution is -0.131. The lowest BCUT2D eigenvalue weighted by Gasteiger charge is -2.21. The van der Waals surface area contributed by atoms with Gasteiger partial charge in [-0.05, 0) is 25.7 Å². The van der Waals surface area contributed by atoms with Crippen molar-refractivity contribution in [1.29, 1.82) is 0 Å². The van der Waals surface area contributed by atoms with Gasteiger partial charge in [-0.2, -0.15) is 0 Å². The molecule has 0 bridgehead atoms. The fraction of sp³-hybridized carbons (Fsp3) is 0.818. The number of carbonyl (C=O) groups is 2. The Morgan fingerprint density at radius 3 is 2.13 bits per heavy atom. The molecule has 2 heterocycles. The maximum atomic E-state index is 10.7. The molecule has 2 saturated heterocycles. The van der Waals surface area contributed by atoms with Gasteiger partial charge in [0.25, 0.3) is 0 Å². The fourth-order valence-corrected chi connectivity index (χ4v) is 1.67. The molecule has 0 aromatic carbocycles. The minimum atomic E-state index is 0.214. The number of nitrogens with one attached hydrogen (secondary N) is 1. The van der Waals surface area contributed by atoms with E-state index in [1.807, 2.05) is 7.05 Å². The highest BCUT2D eigenvalue weighted by Gasteiger charge is 2.12. The van der Waals surface area contributed by atoms with Crippen LogP contribution in [-0.4, -0.2) is 36.9 Å². The van der Waals surface area contributed by atoms with Crippen LogP contribution in [0.15, 0.2) is 0 Å². The van der Waals surface area contributed by atoms with E-state index in [9.17, 15) is 9.59 Å². The predicted molar refractivity (Wildman–Crippen MR) is 58.3 cm³/mol. The summed E-state index contributed by atoms with van der Waals surface area (Å²) in [6, 6.07) is 0. The minimum Gasteiger partial charge on any atom is -0.356 e. The van der Waals surface area contributed by atoms with E-state index in [4.69, 9.17) is 0 Å². The van der Waals surface area contributed by atoms with Crippen molar-refractivity contribution < 1.29 is 9.59 Å². The number of hydrogen-bond donors (Lipinski definition) is 1. The Kier molecular flexibility index (Phi) is 5.15. The average molecular weight is 212 g/mol. The fourth-order valence-electron chi connectivity index (χ4n) is 1.67. The molecule has 15 heavy (non-hydrogen) atoms. The van der Waals surface area contributed by atoms with Gasteiger partial charge >= 0.3 is 0 Å². The normalized spacial score (nSPS) is 21.5. The van der Waals surface area contributed by atoms with Crippen LogP contribution in [-0.2, 0) is 9.59 Å². The quantitative estimate of drug-likeness (QED) is 0.649. The molecule has 0 saturated carbocycles. The number of carbonyl (C=O) groups excluding carboxylic acids is 2. The summed E-state index contributed by atoms with van der Waals surface area (Å²) in [5.41, 5.74) is 0. The summed E-state index contributed by atoms with van der Waals surface area (Å²) >= 11 is 0. The zero-order valence-corrected chi connectivity index (χ0v) is 9.42. The molecule has 1 N–H and O–H groups in total. The van der Waals surface area contributed by atoms with Crippen LogP contribution in [0.25, 0.3) is 0 Å². The molecular weight excluding hydrogens is 192 g/mol. The summed E-state index contributed by atoms with van der Waals surface area (Å²) in [7, 11) is 1.86. The van der Waals surface area contributed by atoms with Crippen molar-refractivity contribution in [2.45, 2.75) is 38.5 Å². The monoisotopic (exact) mass is 212 g/mol. The van der Waals surface area contributed by atoms with Gasteiger partial charge in [-0.25, -0.2) is 0 Å². The topological polar surface area (TPSA) is 49.4 Å². The van der Waals surface area contributed by atoms with E-state index in [1.54, 1.807) is 4.90 Å². The molecule has 0 aromatic heterocycles. The first-order valence-corrected chi connectivity index (χ1v) is 5.71. The number of piperidine rings is 2. The molecule has 0 radical (unpaired) electrons. The second-order valence-corrected chi connectivity index (χ2v) is 4.08. The number of hydrogen-bond acceptors (Lipinski definition) is 2. The maximum absolute atomic E-state index is 10.7. The van der Waals surface area contributed by atoms with Crippen molar-refractivity contribution in [2.75, 3.05) is 20.1 Å². The molecule has 0 spiro atoms. The second-order valence-electron chi connectivity index (χ2n) is 4.08. The standard InChI is InChI=1S/C6H11NO.C5H9NO/c1-7-5-3-2-4-6(7)8;7-5-3-1-2-4-6-5/h2-5H2,1H3;1-4H2,(H,6,7). The first-order valence-electron chi connectivity index (χ1n) is 5.71. The van der Waals surface area contributed by atoms with Crippen molar-refractivity contribution in [3.05, 3.63) is 0 Å². The highest BCUT2D eigenvalue weighted by atomic mass is 16.2. The number of nitrogens with zero attached hydrogens (tertiary/aromatic N) is 1. The maximum Gasteiger partial charge on any atom is 0.222 e.